The maximum atomic E-state index is 13.0. The van der Waals surface area contributed by atoms with E-state index in [2.05, 4.69) is 20.9 Å². The van der Waals surface area contributed by atoms with Crippen LogP contribution >= 0.6 is 0 Å². The molecule has 1 heterocycles. The Labute approximate surface area is 181 Å². The summed E-state index contributed by atoms with van der Waals surface area (Å²) >= 11 is 0. The molecule has 0 saturated heterocycles. The number of benzene rings is 2. The topological polar surface area (TPSA) is 78.7 Å². The highest BCUT2D eigenvalue weighted by atomic mass is 19.1. The first-order chi connectivity index (χ1) is 15.1. The minimum absolute atomic E-state index is 0.161. The first-order valence-corrected chi connectivity index (χ1v) is 10.3. The molecule has 0 radical (unpaired) electrons. The van der Waals surface area contributed by atoms with Gasteiger partial charge in [-0.05, 0) is 60.9 Å². The predicted octanol–water partition coefficient (Wildman–Crippen LogP) is 3.65. The lowest BCUT2D eigenvalue weighted by Crippen LogP contribution is -2.38. The third-order valence-corrected chi connectivity index (χ3v) is 4.58. The number of hydrogen-bond acceptors (Lipinski definition) is 3. The van der Waals surface area contributed by atoms with Gasteiger partial charge in [-0.1, -0.05) is 24.3 Å². The lowest BCUT2D eigenvalue weighted by Gasteiger charge is -2.11. The van der Waals surface area contributed by atoms with Crippen LogP contribution in [0.2, 0.25) is 0 Å². The molecule has 1 aromatic heterocycles. The number of rotatable bonds is 9. The normalized spacial score (nSPS) is 11.2. The summed E-state index contributed by atoms with van der Waals surface area (Å²) in [4.78, 5) is 17.0. The lowest BCUT2D eigenvalue weighted by molar-refractivity contribution is 0.0948. The molecular formula is C24H27FN4O2. The highest BCUT2D eigenvalue weighted by molar-refractivity contribution is 5.94. The zero-order chi connectivity index (χ0) is 21.9. The van der Waals surface area contributed by atoms with Gasteiger partial charge in [0.25, 0.3) is 5.91 Å². The minimum Gasteiger partial charge on any atom is -0.467 e. The van der Waals surface area contributed by atoms with Gasteiger partial charge in [-0.2, -0.15) is 0 Å². The second-order valence-corrected chi connectivity index (χ2v) is 6.96. The van der Waals surface area contributed by atoms with E-state index >= 15 is 0 Å². The largest absolute Gasteiger partial charge is 0.467 e. The van der Waals surface area contributed by atoms with E-state index in [1.165, 1.54) is 12.1 Å². The summed E-state index contributed by atoms with van der Waals surface area (Å²) in [6.07, 6.45) is 2.34. The molecule has 6 nitrogen and oxygen atoms in total. The number of nitrogens with zero attached hydrogens (tertiary/aromatic N) is 1. The van der Waals surface area contributed by atoms with Crippen LogP contribution in [0, 0.1) is 5.82 Å². The van der Waals surface area contributed by atoms with E-state index in [1.807, 2.05) is 31.2 Å². The highest BCUT2D eigenvalue weighted by Gasteiger charge is 2.07. The van der Waals surface area contributed by atoms with Crippen molar-refractivity contribution in [3.63, 3.8) is 0 Å². The fourth-order valence-electron chi connectivity index (χ4n) is 2.98. The molecule has 0 fully saturated rings. The Balaban J connectivity index is 1.53. The van der Waals surface area contributed by atoms with Crippen molar-refractivity contribution in [2.45, 2.75) is 26.4 Å². The van der Waals surface area contributed by atoms with Crippen molar-refractivity contribution in [2.75, 3.05) is 13.1 Å². The summed E-state index contributed by atoms with van der Waals surface area (Å²) in [6.45, 7) is 4.19. The molecule has 3 aromatic rings. The van der Waals surface area contributed by atoms with Crippen molar-refractivity contribution in [3.8, 4) is 0 Å². The van der Waals surface area contributed by atoms with E-state index in [1.54, 1.807) is 30.5 Å². The van der Waals surface area contributed by atoms with Crippen LogP contribution < -0.4 is 16.0 Å². The molecule has 0 aliphatic carbocycles. The van der Waals surface area contributed by atoms with Gasteiger partial charge in [0, 0.05) is 18.7 Å². The molecule has 0 bridgehead atoms. The van der Waals surface area contributed by atoms with E-state index in [4.69, 9.17) is 4.42 Å². The van der Waals surface area contributed by atoms with Crippen molar-refractivity contribution in [2.24, 2.45) is 4.99 Å². The quantitative estimate of drug-likeness (QED) is 0.363. The summed E-state index contributed by atoms with van der Waals surface area (Å²) < 4.78 is 18.2. The molecule has 3 N–H and O–H groups in total. The van der Waals surface area contributed by atoms with Gasteiger partial charge in [0.05, 0.1) is 19.4 Å². The summed E-state index contributed by atoms with van der Waals surface area (Å²) in [7, 11) is 0. The Morgan fingerprint density at radius 1 is 1.00 bits per heavy atom. The van der Waals surface area contributed by atoms with Crippen molar-refractivity contribution < 1.29 is 13.6 Å². The SMILES string of the molecule is CCNC(=NCc1cccc(C(=O)NCc2ccco2)c1)NCCc1ccc(F)cc1. The number of halogens is 1. The minimum atomic E-state index is -0.233. The highest BCUT2D eigenvalue weighted by Crippen LogP contribution is 2.08. The number of guanidine groups is 1. The van der Waals surface area contributed by atoms with E-state index < -0.39 is 0 Å². The summed E-state index contributed by atoms with van der Waals surface area (Å²) in [5, 5.41) is 9.34. The number of nitrogens with one attached hydrogen (secondary N) is 3. The Hall–Kier alpha value is -3.61. The van der Waals surface area contributed by atoms with Crippen LogP contribution in [0.3, 0.4) is 0 Å². The molecule has 162 valence electrons. The van der Waals surface area contributed by atoms with Gasteiger partial charge in [-0.25, -0.2) is 9.38 Å². The summed E-state index contributed by atoms with van der Waals surface area (Å²) in [5.41, 5.74) is 2.56. The summed E-state index contributed by atoms with van der Waals surface area (Å²) in [6, 6.07) is 17.5. The first-order valence-electron chi connectivity index (χ1n) is 10.3. The second-order valence-electron chi connectivity index (χ2n) is 6.96. The Kier molecular flexibility index (Phi) is 8.22. The smallest absolute Gasteiger partial charge is 0.251 e. The Bertz CT molecular complexity index is 985. The fraction of sp³-hybridized carbons (Fsp3) is 0.250. The molecule has 0 atom stereocenters. The van der Waals surface area contributed by atoms with Gasteiger partial charge in [-0.3, -0.25) is 4.79 Å². The summed E-state index contributed by atoms with van der Waals surface area (Å²) in [5.74, 6) is 1.00. The van der Waals surface area contributed by atoms with Crippen molar-refractivity contribution in [1.29, 1.82) is 0 Å². The van der Waals surface area contributed by atoms with Crippen LogP contribution in [-0.2, 0) is 19.5 Å². The Morgan fingerprint density at radius 3 is 2.58 bits per heavy atom. The number of aliphatic imine (C=N–C) groups is 1. The Morgan fingerprint density at radius 2 is 1.84 bits per heavy atom. The standard InChI is InChI=1S/C24H27FN4O2/c1-2-26-24(27-13-12-18-8-10-21(25)11-9-18)29-16-19-5-3-6-20(15-19)23(30)28-17-22-7-4-14-31-22/h3-11,14-15H,2,12-13,16-17H2,1H3,(H,28,30)(H2,26,27,29). The van der Waals surface area contributed by atoms with Crippen LogP contribution in [0.25, 0.3) is 0 Å². The fourth-order valence-corrected chi connectivity index (χ4v) is 2.98. The second kappa shape index (κ2) is 11.5. The molecule has 0 spiro atoms. The van der Waals surface area contributed by atoms with Crippen LogP contribution in [0.1, 0.15) is 34.2 Å². The van der Waals surface area contributed by atoms with Gasteiger partial charge in [0.1, 0.15) is 11.6 Å². The molecule has 31 heavy (non-hydrogen) atoms. The predicted molar refractivity (Wildman–Crippen MR) is 119 cm³/mol. The molecule has 2 aromatic carbocycles. The van der Waals surface area contributed by atoms with Crippen molar-refractivity contribution in [1.82, 2.24) is 16.0 Å². The van der Waals surface area contributed by atoms with E-state index in [0.717, 1.165) is 24.1 Å². The molecule has 3 rings (SSSR count). The van der Waals surface area contributed by atoms with Gasteiger partial charge >= 0.3 is 0 Å². The van der Waals surface area contributed by atoms with Gasteiger partial charge in [-0.15, -0.1) is 0 Å². The maximum Gasteiger partial charge on any atom is 0.251 e. The number of furan rings is 1. The van der Waals surface area contributed by atoms with Crippen LogP contribution in [0.5, 0.6) is 0 Å². The van der Waals surface area contributed by atoms with Crippen LogP contribution in [0.15, 0.2) is 76.3 Å². The molecule has 0 unspecified atom stereocenters. The van der Waals surface area contributed by atoms with E-state index in [9.17, 15) is 9.18 Å². The van der Waals surface area contributed by atoms with Gasteiger partial charge < -0.3 is 20.4 Å². The first kappa shape index (κ1) is 22.1. The van der Waals surface area contributed by atoms with Gasteiger partial charge in [0.2, 0.25) is 0 Å². The zero-order valence-corrected chi connectivity index (χ0v) is 17.5. The third-order valence-electron chi connectivity index (χ3n) is 4.58. The molecular weight excluding hydrogens is 395 g/mol. The average Bonchev–Trinajstić information content (AvgIpc) is 3.31. The molecule has 7 heteroatoms. The monoisotopic (exact) mass is 422 g/mol. The maximum absolute atomic E-state index is 13.0. The van der Waals surface area contributed by atoms with E-state index in [0.29, 0.717) is 36.9 Å². The third kappa shape index (κ3) is 7.29. The molecule has 1 amide bonds. The van der Waals surface area contributed by atoms with Crippen molar-refractivity contribution >= 4 is 11.9 Å². The zero-order valence-electron chi connectivity index (χ0n) is 17.5. The van der Waals surface area contributed by atoms with Crippen LogP contribution in [-0.4, -0.2) is 25.0 Å². The number of amides is 1. The molecule has 0 aliphatic rings. The lowest BCUT2D eigenvalue weighted by atomic mass is 10.1. The molecule has 0 saturated carbocycles. The van der Waals surface area contributed by atoms with E-state index in [-0.39, 0.29) is 11.7 Å². The van der Waals surface area contributed by atoms with Gasteiger partial charge in [0.15, 0.2) is 5.96 Å². The van der Waals surface area contributed by atoms with Crippen LogP contribution in [0.4, 0.5) is 4.39 Å². The average molecular weight is 423 g/mol. The van der Waals surface area contributed by atoms with Crippen molar-refractivity contribution in [3.05, 3.63) is 95.2 Å². The number of carbonyl (C=O) groups is 1. The number of hydrogen-bond donors (Lipinski definition) is 3. The molecule has 0 aliphatic heterocycles. The number of carbonyl (C=O) groups excluding carboxylic acids is 1.